The van der Waals surface area contributed by atoms with Crippen LogP contribution in [0.15, 0.2) is 24.3 Å². The molecular weight excluding hydrogens is 350 g/mol. The van der Waals surface area contributed by atoms with Crippen LogP contribution in [0.3, 0.4) is 0 Å². The Balaban J connectivity index is 1.63. The molecule has 0 unspecified atom stereocenters. The van der Waals surface area contributed by atoms with Gasteiger partial charge in [-0.25, -0.2) is 0 Å². The summed E-state index contributed by atoms with van der Waals surface area (Å²) in [7, 11) is 1.86. The molecule has 6 heteroatoms. The number of carbonyl (C=O) groups is 2. The first-order valence-electron chi connectivity index (χ1n) is 9.39. The average molecular weight is 380 g/mol. The molecule has 0 bridgehead atoms. The maximum absolute atomic E-state index is 12.1. The third kappa shape index (κ3) is 7.34. The molecule has 1 aromatic carbocycles. The molecule has 1 saturated heterocycles. The lowest BCUT2D eigenvalue weighted by Crippen LogP contribution is -2.40. The van der Waals surface area contributed by atoms with Crippen molar-refractivity contribution < 1.29 is 9.59 Å². The van der Waals surface area contributed by atoms with E-state index in [-0.39, 0.29) is 11.8 Å². The number of piperidine rings is 1. The van der Waals surface area contributed by atoms with Crippen LogP contribution in [0.1, 0.15) is 31.7 Å². The molecule has 0 aliphatic carbocycles. The monoisotopic (exact) mass is 379 g/mol. The van der Waals surface area contributed by atoms with Gasteiger partial charge in [0.15, 0.2) is 0 Å². The fourth-order valence-electron chi connectivity index (χ4n) is 3.36. The summed E-state index contributed by atoms with van der Waals surface area (Å²) in [6.45, 7) is 5.94. The number of nitrogens with one attached hydrogen (secondary N) is 1. The fourth-order valence-corrected chi connectivity index (χ4v) is 3.48. The minimum absolute atomic E-state index is 0.0913. The maximum atomic E-state index is 12.1. The van der Waals surface area contributed by atoms with Gasteiger partial charge < -0.3 is 15.1 Å². The van der Waals surface area contributed by atoms with Crippen LogP contribution < -0.4 is 5.32 Å². The van der Waals surface area contributed by atoms with Crippen molar-refractivity contribution in [1.29, 1.82) is 0 Å². The van der Waals surface area contributed by atoms with Crippen LogP contribution in [0, 0.1) is 5.92 Å². The summed E-state index contributed by atoms with van der Waals surface area (Å²) < 4.78 is 0. The van der Waals surface area contributed by atoms with Crippen LogP contribution in [0.5, 0.6) is 0 Å². The Labute approximate surface area is 161 Å². The lowest BCUT2D eigenvalue weighted by Gasteiger charge is -2.34. The molecule has 1 aliphatic rings. The van der Waals surface area contributed by atoms with E-state index in [0.29, 0.717) is 18.9 Å². The Bertz CT molecular complexity index is 583. The van der Waals surface area contributed by atoms with E-state index >= 15 is 0 Å². The van der Waals surface area contributed by atoms with E-state index in [2.05, 4.69) is 22.3 Å². The summed E-state index contributed by atoms with van der Waals surface area (Å²) in [5, 5.41) is 3.45. The molecule has 0 aromatic heterocycles. The molecule has 0 atom stereocenters. The molecule has 0 radical (unpaired) electrons. The van der Waals surface area contributed by atoms with Gasteiger partial charge in [-0.15, -0.1) is 0 Å². The summed E-state index contributed by atoms with van der Waals surface area (Å²) in [5.74, 6) is 0.576. The van der Waals surface area contributed by atoms with Crippen molar-refractivity contribution in [1.82, 2.24) is 15.1 Å². The van der Waals surface area contributed by atoms with Gasteiger partial charge in [0.05, 0.1) is 0 Å². The third-order valence-corrected chi connectivity index (χ3v) is 5.26. The lowest BCUT2D eigenvalue weighted by molar-refractivity contribution is -0.130. The number of halogens is 1. The first-order chi connectivity index (χ1) is 12.4. The van der Waals surface area contributed by atoms with E-state index in [1.165, 1.54) is 12.5 Å². The molecule has 1 heterocycles. The molecule has 1 N–H and O–H groups in total. The highest BCUT2D eigenvalue weighted by Crippen LogP contribution is 2.19. The van der Waals surface area contributed by atoms with Crippen molar-refractivity contribution in [3.8, 4) is 0 Å². The minimum Gasteiger partial charge on any atom is -0.356 e. The van der Waals surface area contributed by atoms with Gasteiger partial charge >= 0.3 is 0 Å². The zero-order valence-electron chi connectivity index (χ0n) is 15.8. The zero-order valence-corrected chi connectivity index (χ0v) is 16.6. The lowest BCUT2D eigenvalue weighted by atomic mass is 9.96. The summed E-state index contributed by atoms with van der Waals surface area (Å²) in [6, 6.07) is 8.08. The van der Waals surface area contributed by atoms with E-state index in [0.717, 1.165) is 50.5 Å². The highest BCUT2D eigenvalue weighted by Gasteiger charge is 2.21. The van der Waals surface area contributed by atoms with Gasteiger partial charge in [0.25, 0.3) is 0 Å². The van der Waals surface area contributed by atoms with Crippen molar-refractivity contribution >= 4 is 23.4 Å². The summed E-state index contributed by atoms with van der Waals surface area (Å²) in [6.07, 6.45) is 3.67. The smallest absolute Gasteiger partial charge is 0.224 e. The Morgan fingerprint density at radius 1 is 1.23 bits per heavy atom. The predicted octanol–water partition coefficient (Wildman–Crippen LogP) is 2.58. The SMILES string of the molecule is CC(=O)NCCC(=O)N(C)CC1CCN(CCc2ccc(Cl)cc2)CC1. The molecular formula is C20H30ClN3O2. The molecule has 2 rings (SSSR count). The second-order valence-corrected chi connectivity index (χ2v) is 7.61. The average Bonchev–Trinajstić information content (AvgIpc) is 2.62. The van der Waals surface area contributed by atoms with Crippen LogP contribution in [-0.4, -0.2) is 61.4 Å². The van der Waals surface area contributed by atoms with Gasteiger partial charge in [-0.1, -0.05) is 23.7 Å². The van der Waals surface area contributed by atoms with Crippen LogP contribution in [0.4, 0.5) is 0 Å². The molecule has 5 nitrogen and oxygen atoms in total. The number of hydrogen-bond donors (Lipinski definition) is 1. The fraction of sp³-hybridized carbons (Fsp3) is 0.600. The Morgan fingerprint density at radius 2 is 1.88 bits per heavy atom. The highest BCUT2D eigenvalue weighted by atomic mass is 35.5. The predicted molar refractivity (Wildman–Crippen MR) is 105 cm³/mol. The topological polar surface area (TPSA) is 52.7 Å². The van der Waals surface area contributed by atoms with Gasteiger partial charge in [0.2, 0.25) is 11.8 Å². The quantitative estimate of drug-likeness (QED) is 0.755. The van der Waals surface area contributed by atoms with Crippen molar-refractivity contribution in [2.24, 2.45) is 5.92 Å². The molecule has 1 aliphatic heterocycles. The number of benzene rings is 1. The number of hydrogen-bond acceptors (Lipinski definition) is 3. The molecule has 1 fully saturated rings. The second kappa shape index (κ2) is 10.5. The van der Waals surface area contributed by atoms with Crippen LogP contribution in [0.25, 0.3) is 0 Å². The van der Waals surface area contributed by atoms with E-state index in [4.69, 9.17) is 11.6 Å². The Hall–Kier alpha value is -1.59. The van der Waals surface area contributed by atoms with Crippen molar-refractivity contribution in [2.75, 3.05) is 39.8 Å². The van der Waals surface area contributed by atoms with Crippen molar-refractivity contribution in [2.45, 2.75) is 32.6 Å². The number of carbonyl (C=O) groups excluding carboxylic acids is 2. The van der Waals surface area contributed by atoms with Crippen LogP contribution in [0.2, 0.25) is 5.02 Å². The first kappa shape index (κ1) is 20.7. The van der Waals surface area contributed by atoms with Crippen molar-refractivity contribution in [3.05, 3.63) is 34.9 Å². The van der Waals surface area contributed by atoms with Gasteiger partial charge in [-0.05, 0) is 56.0 Å². The van der Waals surface area contributed by atoms with E-state index < -0.39 is 0 Å². The molecule has 2 amide bonds. The molecule has 1 aromatic rings. The second-order valence-electron chi connectivity index (χ2n) is 7.17. The summed E-state index contributed by atoms with van der Waals surface area (Å²) in [5.41, 5.74) is 1.32. The van der Waals surface area contributed by atoms with Crippen molar-refractivity contribution in [3.63, 3.8) is 0 Å². The van der Waals surface area contributed by atoms with E-state index in [1.54, 1.807) is 0 Å². The van der Waals surface area contributed by atoms with E-state index in [1.807, 2.05) is 24.1 Å². The normalized spacial score (nSPS) is 15.7. The first-order valence-corrected chi connectivity index (χ1v) is 9.77. The Kier molecular flexibility index (Phi) is 8.39. The summed E-state index contributed by atoms with van der Waals surface area (Å²) >= 11 is 5.93. The largest absolute Gasteiger partial charge is 0.356 e. The van der Waals surface area contributed by atoms with Gasteiger partial charge in [-0.2, -0.15) is 0 Å². The zero-order chi connectivity index (χ0) is 18.9. The molecule has 0 saturated carbocycles. The standard InChI is InChI=1S/C20H30ClN3O2/c1-16(25)22-11-7-20(26)23(2)15-18-9-13-24(14-10-18)12-8-17-3-5-19(21)6-4-17/h3-6,18H,7-15H2,1-2H3,(H,22,25). The number of amides is 2. The summed E-state index contributed by atoms with van der Waals surface area (Å²) in [4.78, 5) is 27.3. The molecule has 26 heavy (non-hydrogen) atoms. The van der Waals surface area contributed by atoms with Crippen LogP contribution >= 0.6 is 11.6 Å². The number of nitrogens with zero attached hydrogens (tertiary/aromatic N) is 2. The van der Waals surface area contributed by atoms with Gasteiger partial charge in [0, 0.05) is 45.0 Å². The maximum Gasteiger partial charge on any atom is 0.224 e. The Morgan fingerprint density at radius 3 is 2.50 bits per heavy atom. The van der Waals surface area contributed by atoms with Gasteiger partial charge in [0.1, 0.15) is 0 Å². The van der Waals surface area contributed by atoms with Gasteiger partial charge in [-0.3, -0.25) is 9.59 Å². The molecule has 0 spiro atoms. The molecule has 144 valence electrons. The highest BCUT2D eigenvalue weighted by molar-refractivity contribution is 6.30. The number of rotatable bonds is 8. The van der Waals surface area contributed by atoms with Crippen LogP contribution in [-0.2, 0) is 16.0 Å². The minimum atomic E-state index is -0.0913. The van der Waals surface area contributed by atoms with E-state index in [9.17, 15) is 9.59 Å². The third-order valence-electron chi connectivity index (χ3n) is 5.01. The number of likely N-dealkylation sites (tertiary alicyclic amines) is 1.